The van der Waals surface area contributed by atoms with Gasteiger partial charge in [-0.25, -0.2) is 0 Å². The lowest BCUT2D eigenvalue weighted by Gasteiger charge is -2.16. The third kappa shape index (κ3) is 6.44. The molecule has 2 aromatic rings. The zero-order valence-corrected chi connectivity index (χ0v) is 16.0. The summed E-state index contributed by atoms with van der Waals surface area (Å²) in [5.41, 5.74) is 1.10. The topological polar surface area (TPSA) is 72.8 Å². The fourth-order valence-electron chi connectivity index (χ4n) is 2.59. The fourth-order valence-corrected chi connectivity index (χ4v) is 2.59. The van der Waals surface area contributed by atoms with Crippen LogP contribution in [0.4, 0.5) is 0 Å². The second-order valence-corrected chi connectivity index (χ2v) is 6.73. The van der Waals surface area contributed by atoms with Crippen molar-refractivity contribution in [2.75, 3.05) is 0 Å². The second-order valence-electron chi connectivity index (χ2n) is 6.73. The van der Waals surface area contributed by atoms with Crippen LogP contribution in [-0.2, 0) is 9.59 Å². The molecule has 5 nitrogen and oxygen atoms in total. The van der Waals surface area contributed by atoms with Gasteiger partial charge >= 0.3 is 11.9 Å². The Hall–Kier alpha value is -2.82. The molecule has 0 bridgehead atoms. The van der Waals surface area contributed by atoms with Crippen LogP contribution >= 0.6 is 0 Å². The van der Waals surface area contributed by atoms with Crippen molar-refractivity contribution < 1.29 is 24.2 Å². The van der Waals surface area contributed by atoms with E-state index in [9.17, 15) is 14.7 Å². The van der Waals surface area contributed by atoms with Gasteiger partial charge in [-0.1, -0.05) is 31.5 Å². The van der Waals surface area contributed by atoms with Gasteiger partial charge < -0.3 is 14.6 Å². The van der Waals surface area contributed by atoms with Crippen molar-refractivity contribution in [3.63, 3.8) is 0 Å². The van der Waals surface area contributed by atoms with E-state index in [0.29, 0.717) is 30.8 Å². The third-order valence-corrected chi connectivity index (χ3v) is 4.47. The molecule has 5 heteroatoms. The molecular formula is C22H26O5. The van der Waals surface area contributed by atoms with Crippen LogP contribution in [0.2, 0.25) is 0 Å². The summed E-state index contributed by atoms with van der Waals surface area (Å²) < 4.78 is 10.7. The Kier molecular flexibility index (Phi) is 7.41. The number of phenols is 1. The molecule has 0 radical (unpaired) electrons. The molecule has 0 aliphatic rings. The first-order valence-electron chi connectivity index (χ1n) is 9.18. The van der Waals surface area contributed by atoms with Crippen molar-refractivity contribution in [1.82, 2.24) is 0 Å². The largest absolute Gasteiger partial charge is 0.508 e. The van der Waals surface area contributed by atoms with E-state index in [0.717, 1.165) is 5.56 Å². The highest BCUT2D eigenvalue weighted by Crippen LogP contribution is 2.22. The second kappa shape index (κ2) is 9.76. The average Bonchev–Trinajstić information content (AvgIpc) is 2.65. The summed E-state index contributed by atoms with van der Waals surface area (Å²) in [5.74, 6) is -0.222. The van der Waals surface area contributed by atoms with Crippen molar-refractivity contribution in [3.05, 3.63) is 54.1 Å². The summed E-state index contributed by atoms with van der Waals surface area (Å²) in [6.07, 6.45) is 1.70. The molecule has 0 amide bonds. The predicted octanol–water partition coefficient (Wildman–Crippen LogP) is 4.65. The number of ether oxygens (including phenoxy) is 2. The first kappa shape index (κ1) is 20.5. The number of benzene rings is 2. The number of carbonyl (C=O) groups is 2. The van der Waals surface area contributed by atoms with Crippen LogP contribution in [0.5, 0.6) is 17.2 Å². The molecule has 0 saturated heterocycles. The Bertz CT molecular complexity index is 749. The van der Waals surface area contributed by atoms with Crippen molar-refractivity contribution in [1.29, 1.82) is 0 Å². The summed E-state index contributed by atoms with van der Waals surface area (Å²) in [7, 11) is 0. The van der Waals surface area contributed by atoms with Gasteiger partial charge in [0.15, 0.2) is 0 Å². The van der Waals surface area contributed by atoms with Crippen LogP contribution in [-0.4, -0.2) is 17.0 Å². The van der Waals surface area contributed by atoms with E-state index >= 15 is 0 Å². The van der Waals surface area contributed by atoms with Crippen LogP contribution in [0.3, 0.4) is 0 Å². The Labute approximate surface area is 159 Å². The maximum absolute atomic E-state index is 12.3. The first-order chi connectivity index (χ1) is 12.9. The van der Waals surface area contributed by atoms with E-state index in [1.165, 1.54) is 12.1 Å². The predicted molar refractivity (Wildman–Crippen MR) is 103 cm³/mol. The van der Waals surface area contributed by atoms with Crippen LogP contribution in [0.25, 0.3) is 0 Å². The van der Waals surface area contributed by atoms with Crippen LogP contribution < -0.4 is 9.47 Å². The number of carbonyl (C=O) groups excluding carboxylic acids is 2. The lowest BCUT2D eigenvalue weighted by molar-refractivity contribution is -0.141. The quantitative estimate of drug-likeness (QED) is 0.541. The van der Waals surface area contributed by atoms with Gasteiger partial charge in [0.25, 0.3) is 0 Å². The number of phenolic OH excluding ortho intramolecular Hbond substituents is 1. The van der Waals surface area contributed by atoms with Gasteiger partial charge in [-0.3, -0.25) is 9.59 Å². The minimum absolute atomic E-state index is 0.114. The third-order valence-electron chi connectivity index (χ3n) is 4.47. The van der Waals surface area contributed by atoms with E-state index in [2.05, 4.69) is 0 Å². The lowest BCUT2D eigenvalue weighted by Crippen LogP contribution is -2.23. The normalized spacial score (nSPS) is 12.9. The van der Waals surface area contributed by atoms with Crippen molar-refractivity contribution >= 4 is 11.9 Å². The van der Waals surface area contributed by atoms with E-state index in [4.69, 9.17) is 9.47 Å². The molecule has 2 rings (SSSR count). The molecule has 2 unspecified atom stereocenters. The smallest absolute Gasteiger partial charge is 0.314 e. The summed E-state index contributed by atoms with van der Waals surface area (Å²) in [6.45, 7) is 5.68. The first-order valence-corrected chi connectivity index (χ1v) is 9.18. The van der Waals surface area contributed by atoms with Crippen LogP contribution in [0.1, 0.15) is 38.7 Å². The molecule has 0 aliphatic heterocycles. The van der Waals surface area contributed by atoms with Crippen molar-refractivity contribution in [3.8, 4) is 17.2 Å². The van der Waals surface area contributed by atoms with Crippen molar-refractivity contribution in [2.24, 2.45) is 11.8 Å². The zero-order chi connectivity index (χ0) is 19.8. The monoisotopic (exact) mass is 370 g/mol. The Balaban J connectivity index is 1.84. The van der Waals surface area contributed by atoms with E-state index < -0.39 is 0 Å². The molecule has 0 fully saturated rings. The number of hydrogen-bond donors (Lipinski definition) is 1. The summed E-state index contributed by atoms with van der Waals surface area (Å²) in [6, 6.07) is 13.3. The van der Waals surface area contributed by atoms with Gasteiger partial charge in [0.2, 0.25) is 0 Å². The van der Waals surface area contributed by atoms with Gasteiger partial charge in [-0.15, -0.1) is 0 Å². The highest BCUT2D eigenvalue weighted by atomic mass is 16.5. The standard InChI is InChI=1S/C22H26O5/c1-4-17(22(25)27-20-13-9-18(23)10-14-20)8-7-16(3)21(24)26-19-11-5-15(2)6-12-19/h5-6,9-14,16-17,23H,4,7-8H2,1-3H3. The highest BCUT2D eigenvalue weighted by Gasteiger charge is 2.23. The minimum atomic E-state index is -0.331. The minimum Gasteiger partial charge on any atom is -0.508 e. The van der Waals surface area contributed by atoms with Gasteiger partial charge in [0.1, 0.15) is 17.2 Å². The molecule has 0 aliphatic carbocycles. The van der Waals surface area contributed by atoms with Gasteiger partial charge in [0, 0.05) is 0 Å². The maximum Gasteiger partial charge on any atom is 0.314 e. The van der Waals surface area contributed by atoms with Gasteiger partial charge in [0.05, 0.1) is 11.8 Å². The Morgan fingerprint density at radius 1 is 0.889 bits per heavy atom. The summed E-state index contributed by atoms with van der Waals surface area (Å²) in [4.78, 5) is 24.6. The SMILES string of the molecule is CCC(CCC(C)C(=O)Oc1ccc(C)cc1)C(=O)Oc1ccc(O)cc1. The van der Waals surface area contributed by atoms with Gasteiger partial charge in [-0.2, -0.15) is 0 Å². The lowest BCUT2D eigenvalue weighted by atomic mass is 9.95. The Morgan fingerprint density at radius 2 is 1.41 bits per heavy atom. The van der Waals surface area contributed by atoms with Gasteiger partial charge in [-0.05, 0) is 62.6 Å². The molecule has 0 saturated carbocycles. The summed E-state index contributed by atoms with van der Waals surface area (Å²) in [5, 5.41) is 9.28. The van der Waals surface area contributed by atoms with E-state index in [1.807, 2.05) is 26.0 Å². The van der Waals surface area contributed by atoms with E-state index in [-0.39, 0.29) is 29.5 Å². The molecule has 0 heterocycles. The molecule has 0 spiro atoms. The zero-order valence-electron chi connectivity index (χ0n) is 16.0. The number of rotatable bonds is 8. The number of aromatic hydroxyl groups is 1. The number of hydrogen-bond acceptors (Lipinski definition) is 5. The maximum atomic E-state index is 12.3. The molecule has 2 atom stereocenters. The average molecular weight is 370 g/mol. The molecule has 144 valence electrons. The van der Waals surface area contributed by atoms with E-state index in [1.54, 1.807) is 31.2 Å². The highest BCUT2D eigenvalue weighted by molar-refractivity contribution is 5.76. The Morgan fingerprint density at radius 3 is 1.96 bits per heavy atom. The molecular weight excluding hydrogens is 344 g/mol. The van der Waals surface area contributed by atoms with Crippen LogP contribution in [0.15, 0.2) is 48.5 Å². The molecule has 2 aromatic carbocycles. The fraction of sp³-hybridized carbons (Fsp3) is 0.364. The van der Waals surface area contributed by atoms with Crippen LogP contribution in [0, 0.1) is 18.8 Å². The number of aryl methyl sites for hydroxylation is 1. The molecule has 1 N–H and O–H groups in total. The molecule has 27 heavy (non-hydrogen) atoms. The molecule has 0 aromatic heterocycles. The number of esters is 2. The summed E-state index contributed by atoms with van der Waals surface area (Å²) >= 11 is 0. The van der Waals surface area contributed by atoms with Crippen molar-refractivity contribution in [2.45, 2.75) is 40.0 Å².